The molecule has 0 unspecified atom stereocenters. The van der Waals surface area contributed by atoms with Crippen LogP contribution in [0.2, 0.25) is 0 Å². The van der Waals surface area contributed by atoms with E-state index in [0.29, 0.717) is 28.2 Å². The van der Waals surface area contributed by atoms with E-state index in [9.17, 15) is 9.59 Å². The van der Waals surface area contributed by atoms with Crippen LogP contribution in [0, 0.1) is 0 Å². The van der Waals surface area contributed by atoms with E-state index in [-0.39, 0.29) is 24.4 Å². The molecule has 33 heavy (non-hydrogen) atoms. The molecule has 0 aromatic heterocycles. The first-order chi connectivity index (χ1) is 15.7. The molecule has 0 fully saturated rings. The molecular formula is C21H26N10O2. The molecule has 0 atom stereocenters. The molecule has 0 saturated heterocycles. The van der Waals surface area contributed by atoms with Crippen molar-refractivity contribution in [1.29, 1.82) is 0 Å². The third-order valence-electron chi connectivity index (χ3n) is 4.17. The molecule has 0 saturated carbocycles. The maximum atomic E-state index is 12.4. The Labute approximate surface area is 190 Å². The van der Waals surface area contributed by atoms with Crippen molar-refractivity contribution in [2.75, 3.05) is 11.9 Å². The third kappa shape index (κ3) is 8.13. The molecule has 0 heterocycles. The minimum Gasteiger partial charge on any atom is -0.369 e. The van der Waals surface area contributed by atoms with E-state index in [2.05, 4.69) is 31.0 Å². The maximum absolute atomic E-state index is 12.4. The molecule has 0 radical (unpaired) electrons. The summed E-state index contributed by atoms with van der Waals surface area (Å²) in [5.41, 5.74) is 24.5. The lowest BCUT2D eigenvalue weighted by Gasteiger charge is -2.09. The first-order valence-electron chi connectivity index (χ1n) is 9.71. The Bertz CT molecular complexity index is 1130. The summed E-state index contributed by atoms with van der Waals surface area (Å²) in [6.45, 7) is 3.24. The van der Waals surface area contributed by atoms with Crippen molar-refractivity contribution in [3.8, 4) is 0 Å². The summed E-state index contributed by atoms with van der Waals surface area (Å²) in [7, 11) is 0. The molecule has 0 bridgehead atoms. The van der Waals surface area contributed by atoms with Crippen LogP contribution >= 0.6 is 0 Å². The molecule has 2 aromatic carbocycles. The zero-order chi connectivity index (χ0) is 24.4. The molecule has 0 aliphatic rings. The Hall–Kier alpha value is -4.74. The highest BCUT2D eigenvalue weighted by Crippen LogP contribution is 2.11. The highest BCUT2D eigenvalue weighted by atomic mass is 16.2. The molecule has 0 aliphatic heterocycles. The minimum absolute atomic E-state index is 0.138. The fourth-order valence-electron chi connectivity index (χ4n) is 2.53. The standard InChI is InChI=1S/C21H26N10O2/c1-12(28-30-20(22)23)14-6-8-17(9-7-14)27-18(32)11-26-19(33)16-5-3-4-15(10-16)13(2)29-31-21(24)25/h3-10H,11H2,1-2H3,(H,26,33)(H,27,32)(H4,22,23,30)(H4,24,25,31)/b28-12+,29-13+. The number of carbonyl (C=O) groups is 2. The zero-order valence-electron chi connectivity index (χ0n) is 18.2. The smallest absolute Gasteiger partial charge is 0.251 e. The van der Waals surface area contributed by atoms with Crippen LogP contribution < -0.4 is 33.6 Å². The van der Waals surface area contributed by atoms with Gasteiger partial charge in [0, 0.05) is 11.3 Å². The monoisotopic (exact) mass is 450 g/mol. The quantitative estimate of drug-likeness (QED) is 0.185. The highest BCUT2D eigenvalue weighted by Gasteiger charge is 2.10. The van der Waals surface area contributed by atoms with Crippen molar-refractivity contribution in [3.05, 3.63) is 65.2 Å². The fraction of sp³-hybridized carbons (Fsp3) is 0.143. The first-order valence-corrected chi connectivity index (χ1v) is 9.71. The molecule has 12 nitrogen and oxygen atoms in total. The van der Waals surface area contributed by atoms with Crippen LogP contribution in [0.15, 0.2) is 68.9 Å². The second kappa shape index (κ2) is 11.6. The van der Waals surface area contributed by atoms with Gasteiger partial charge < -0.3 is 33.6 Å². The van der Waals surface area contributed by atoms with Gasteiger partial charge in [-0.2, -0.15) is 10.2 Å². The average molecular weight is 451 g/mol. The van der Waals surface area contributed by atoms with E-state index < -0.39 is 5.91 Å². The van der Waals surface area contributed by atoms with Crippen LogP contribution in [-0.4, -0.2) is 41.7 Å². The summed E-state index contributed by atoms with van der Waals surface area (Å²) < 4.78 is 0. The van der Waals surface area contributed by atoms with Gasteiger partial charge in [-0.15, -0.1) is 10.2 Å². The predicted molar refractivity (Wildman–Crippen MR) is 130 cm³/mol. The van der Waals surface area contributed by atoms with Gasteiger partial charge in [-0.25, -0.2) is 0 Å². The van der Waals surface area contributed by atoms with E-state index in [1.54, 1.807) is 62.4 Å². The summed E-state index contributed by atoms with van der Waals surface area (Å²) in [5, 5.41) is 20.2. The number of rotatable bonds is 8. The van der Waals surface area contributed by atoms with Crippen LogP contribution in [0.25, 0.3) is 0 Å². The molecule has 172 valence electrons. The molecule has 2 amide bonds. The number of anilines is 1. The number of benzene rings is 2. The van der Waals surface area contributed by atoms with Gasteiger partial charge in [0.05, 0.1) is 18.0 Å². The van der Waals surface area contributed by atoms with Gasteiger partial charge in [0.2, 0.25) is 17.8 Å². The van der Waals surface area contributed by atoms with Gasteiger partial charge in [0.1, 0.15) is 0 Å². The van der Waals surface area contributed by atoms with Crippen LogP contribution in [0.3, 0.4) is 0 Å². The van der Waals surface area contributed by atoms with Gasteiger partial charge >= 0.3 is 0 Å². The molecule has 2 rings (SSSR count). The lowest BCUT2D eigenvalue weighted by Crippen LogP contribution is -2.32. The number of nitrogens with two attached hydrogens (primary N) is 4. The first kappa shape index (κ1) is 24.5. The average Bonchev–Trinajstić information content (AvgIpc) is 2.79. The Morgan fingerprint density at radius 1 is 0.758 bits per heavy atom. The van der Waals surface area contributed by atoms with Crippen molar-refractivity contribution >= 4 is 40.8 Å². The number of guanidine groups is 2. The van der Waals surface area contributed by atoms with Gasteiger partial charge in [0.15, 0.2) is 0 Å². The van der Waals surface area contributed by atoms with Crippen molar-refractivity contribution < 1.29 is 9.59 Å². The minimum atomic E-state index is -0.413. The molecule has 2 aromatic rings. The summed E-state index contributed by atoms with van der Waals surface area (Å²) >= 11 is 0. The Balaban J connectivity index is 1.95. The van der Waals surface area contributed by atoms with Crippen LogP contribution in [0.1, 0.15) is 35.3 Å². The van der Waals surface area contributed by atoms with E-state index >= 15 is 0 Å². The zero-order valence-corrected chi connectivity index (χ0v) is 18.2. The summed E-state index contributed by atoms with van der Waals surface area (Å²) in [4.78, 5) is 24.6. The van der Waals surface area contributed by atoms with Crippen LogP contribution in [0.4, 0.5) is 5.69 Å². The van der Waals surface area contributed by atoms with Crippen molar-refractivity contribution in [1.82, 2.24) is 5.32 Å². The van der Waals surface area contributed by atoms with Gasteiger partial charge in [-0.05, 0) is 49.2 Å². The number of nitrogens with zero attached hydrogens (tertiary/aromatic N) is 4. The van der Waals surface area contributed by atoms with Gasteiger partial charge in [-0.1, -0.05) is 24.3 Å². The summed E-state index contributed by atoms with van der Waals surface area (Å²) in [5.74, 6) is -1.11. The van der Waals surface area contributed by atoms with Crippen LogP contribution in [0.5, 0.6) is 0 Å². The third-order valence-corrected chi connectivity index (χ3v) is 4.17. The fourth-order valence-corrected chi connectivity index (χ4v) is 2.53. The Kier molecular flexibility index (Phi) is 8.62. The maximum Gasteiger partial charge on any atom is 0.251 e. The second-order valence-electron chi connectivity index (χ2n) is 6.81. The number of hydrogen-bond acceptors (Lipinski definition) is 6. The van der Waals surface area contributed by atoms with Crippen LogP contribution in [-0.2, 0) is 4.79 Å². The number of carbonyl (C=O) groups excluding carboxylic acids is 2. The lowest BCUT2D eigenvalue weighted by molar-refractivity contribution is -0.115. The highest BCUT2D eigenvalue weighted by molar-refractivity contribution is 6.04. The Morgan fingerprint density at radius 3 is 1.88 bits per heavy atom. The molecular weight excluding hydrogens is 424 g/mol. The number of amides is 2. The SMILES string of the molecule is C/C(=N\N=C(N)N)c1ccc(NC(=O)CNC(=O)c2cccc(/C(C)=N/N=C(N)N)c2)cc1. The largest absolute Gasteiger partial charge is 0.369 e. The normalized spacial score (nSPS) is 11.3. The molecule has 0 aliphatic carbocycles. The van der Waals surface area contributed by atoms with Crippen molar-refractivity contribution in [3.63, 3.8) is 0 Å². The van der Waals surface area contributed by atoms with Gasteiger partial charge in [0.25, 0.3) is 5.91 Å². The van der Waals surface area contributed by atoms with E-state index in [1.807, 2.05) is 0 Å². The molecule has 10 N–H and O–H groups in total. The predicted octanol–water partition coefficient (Wildman–Crippen LogP) is 0.0499. The van der Waals surface area contributed by atoms with E-state index in [4.69, 9.17) is 22.9 Å². The summed E-state index contributed by atoms with van der Waals surface area (Å²) in [6, 6.07) is 13.6. The van der Waals surface area contributed by atoms with E-state index in [0.717, 1.165) is 5.56 Å². The lowest BCUT2D eigenvalue weighted by atomic mass is 10.1. The number of nitrogens with one attached hydrogen (secondary N) is 2. The van der Waals surface area contributed by atoms with Gasteiger partial charge in [-0.3, -0.25) is 9.59 Å². The molecule has 12 heteroatoms. The van der Waals surface area contributed by atoms with Crippen molar-refractivity contribution in [2.24, 2.45) is 43.3 Å². The Morgan fingerprint density at radius 2 is 1.30 bits per heavy atom. The second-order valence-corrected chi connectivity index (χ2v) is 6.81. The van der Waals surface area contributed by atoms with Crippen molar-refractivity contribution in [2.45, 2.75) is 13.8 Å². The van der Waals surface area contributed by atoms with E-state index in [1.165, 1.54) is 0 Å². The molecule has 0 spiro atoms. The summed E-state index contributed by atoms with van der Waals surface area (Å²) in [6.07, 6.45) is 0. The topological polar surface area (TPSA) is 212 Å². The number of hydrogen-bond donors (Lipinski definition) is 6.